The minimum Gasteiger partial charge on any atom is -0.477 e. The Balaban J connectivity index is 2.82. The average molecular weight is 200 g/mol. The second-order valence-corrected chi connectivity index (χ2v) is 3.32. The second kappa shape index (κ2) is 3.14. The number of aromatic carboxylic acids is 1. The first-order valence-corrected chi connectivity index (χ1v) is 4.39. The number of carboxylic acids is 1. The normalized spacial score (nSPS) is 10.1. The number of nitriles is 1. The minimum atomic E-state index is -1.02. The molecule has 0 bridgehead atoms. The Morgan fingerprint density at radius 2 is 2.27 bits per heavy atom. The summed E-state index contributed by atoms with van der Waals surface area (Å²) in [6, 6.07) is 7.20. The van der Waals surface area contributed by atoms with Crippen molar-refractivity contribution in [2.75, 3.05) is 0 Å². The maximum absolute atomic E-state index is 10.7. The smallest absolute Gasteiger partial charge is 0.352 e. The Morgan fingerprint density at radius 3 is 2.87 bits per heavy atom. The number of aryl methyl sites for hydroxylation is 1. The number of benzene rings is 1. The molecule has 15 heavy (non-hydrogen) atoms. The highest BCUT2D eigenvalue weighted by molar-refractivity contribution is 5.96. The van der Waals surface area contributed by atoms with Gasteiger partial charge in [0.15, 0.2) is 0 Å². The molecule has 0 atom stereocenters. The van der Waals surface area contributed by atoms with E-state index in [0.717, 1.165) is 10.9 Å². The van der Waals surface area contributed by atoms with Gasteiger partial charge in [-0.05, 0) is 18.6 Å². The van der Waals surface area contributed by atoms with Crippen molar-refractivity contribution in [3.63, 3.8) is 0 Å². The Bertz CT molecular complexity index is 590. The fraction of sp³-hybridized carbons (Fsp3) is 0.0909. The summed E-state index contributed by atoms with van der Waals surface area (Å²) in [5.74, 6) is -1.02. The Labute approximate surface area is 85.8 Å². The number of aromatic nitrogens is 1. The molecule has 0 radical (unpaired) electrons. The number of nitrogens with zero attached hydrogens (tertiary/aromatic N) is 1. The van der Waals surface area contributed by atoms with Gasteiger partial charge >= 0.3 is 5.97 Å². The van der Waals surface area contributed by atoms with Gasteiger partial charge in [-0.25, -0.2) is 4.79 Å². The molecule has 0 aliphatic carbocycles. The number of hydrogen-bond donors (Lipinski definition) is 2. The van der Waals surface area contributed by atoms with Crippen LogP contribution in [0.3, 0.4) is 0 Å². The first-order chi connectivity index (χ1) is 7.13. The number of carboxylic acid groups (broad SMARTS) is 1. The fourth-order valence-electron chi connectivity index (χ4n) is 1.56. The Morgan fingerprint density at radius 1 is 1.53 bits per heavy atom. The van der Waals surface area contributed by atoms with Crippen LogP contribution in [0.4, 0.5) is 0 Å². The SMILES string of the molecule is Cc1ccc2cc(C(=O)O)[nH]c2c1C#N. The van der Waals surface area contributed by atoms with E-state index < -0.39 is 5.97 Å². The van der Waals surface area contributed by atoms with Crippen molar-refractivity contribution in [1.29, 1.82) is 5.26 Å². The van der Waals surface area contributed by atoms with Gasteiger partial charge in [-0.3, -0.25) is 0 Å². The van der Waals surface area contributed by atoms with Gasteiger partial charge in [0.25, 0.3) is 0 Å². The molecule has 0 spiro atoms. The van der Waals surface area contributed by atoms with Gasteiger partial charge in [-0.1, -0.05) is 12.1 Å². The van der Waals surface area contributed by atoms with E-state index in [9.17, 15) is 4.79 Å². The van der Waals surface area contributed by atoms with E-state index in [2.05, 4.69) is 11.1 Å². The summed E-state index contributed by atoms with van der Waals surface area (Å²) in [6.45, 7) is 1.82. The van der Waals surface area contributed by atoms with Crippen molar-refractivity contribution in [2.45, 2.75) is 6.92 Å². The van der Waals surface area contributed by atoms with Gasteiger partial charge in [0.2, 0.25) is 0 Å². The summed E-state index contributed by atoms with van der Waals surface area (Å²) >= 11 is 0. The predicted octanol–water partition coefficient (Wildman–Crippen LogP) is 2.05. The number of fused-ring (bicyclic) bond motifs is 1. The van der Waals surface area contributed by atoms with Crippen molar-refractivity contribution < 1.29 is 9.90 Å². The molecular formula is C11H8N2O2. The van der Waals surface area contributed by atoms with E-state index in [4.69, 9.17) is 10.4 Å². The molecule has 4 heteroatoms. The van der Waals surface area contributed by atoms with E-state index in [1.807, 2.05) is 6.92 Å². The third-order valence-corrected chi connectivity index (χ3v) is 2.35. The molecule has 0 amide bonds. The zero-order valence-electron chi connectivity index (χ0n) is 8.03. The maximum Gasteiger partial charge on any atom is 0.352 e. The van der Waals surface area contributed by atoms with Gasteiger partial charge in [0, 0.05) is 5.39 Å². The van der Waals surface area contributed by atoms with Crippen molar-refractivity contribution in [2.24, 2.45) is 0 Å². The molecule has 0 aliphatic rings. The topological polar surface area (TPSA) is 76.9 Å². The van der Waals surface area contributed by atoms with Crippen LogP contribution in [0.5, 0.6) is 0 Å². The van der Waals surface area contributed by atoms with E-state index >= 15 is 0 Å². The summed E-state index contributed by atoms with van der Waals surface area (Å²) < 4.78 is 0. The summed E-state index contributed by atoms with van der Waals surface area (Å²) in [4.78, 5) is 13.5. The molecule has 0 fully saturated rings. The first-order valence-electron chi connectivity index (χ1n) is 4.39. The molecule has 2 rings (SSSR count). The van der Waals surface area contributed by atoms with E-state index in [1.54, 1.807) is 12.1 Å². The minimum absolute atomic E-state index is 0.104. The highest BCUT2D eigenvalue weighted by Gasteiger charge is 2.11. The van der Waals surface area contributed by atoms with Gasteiger partial charge < -0.3 is 10.1 Å². The maximum atomic E-state index is 10.7. The molecule has 0 saturated carbocycles. The highest BCUT2D eigenvalue weighted by atomic mass is 16.4. The number of aromatic amines is 1. The van der Waals surface area contributed by atoms with Gasteiger partial charge in [0.1, 0.15) is 11.8 Å². The van der Waals surface area contributed by atoms with Crippen molar-refractivity contribution in [3.8, 4) is 6.07 Å². The van der Waals surface area contributed by atoms with Crippen LogP contribution < -0.4 is 0 Å². The summed E-state index contributed by atoms with van der Waals surface area (Å²) in [5.41, 5.74) is 2.03. The monoisotopic (exact) mass is 200 g/mol. The van der Waals surface area contributed by atoms with Crippen LogP contribution in [-0.4, -0.2) is 16.1 Å². The third-order valence-electron chi connectivity index (χ3n) is 2.35. The lowest BCUT2D eigenvalue weighted by Gasteiger charge is -1.97. The first kappa shape index (κ1) is 9.28. The third kappa shape index (κ3) is 1.34. The summed E-state index contributed by atoms with van der Waals surface area (Å²) in [5, 5.41) is 18.5. The molecule has 0 aliphatic heterocycles. The van der Waals surface area contributed by atoms with Crippen LogP contribution in [0.25, 0.3) is 10.9 Å². The van der Waals surface area contributed by atoms with Gasteiger partial charge in [-0.2, -0.15) is 5.26 Å². The van der Waals surface area contributed by atoms with Crippen molar-refractivity contribution in [3.05, 3.63) is 35.0 Å². The lowest BCUT2D eigenvalue weighted by Crippen LogP contribution is -1.95. The highest BCUT2D eigenvalue weighted by Crippen LogP contribution is 2.21. The fourth-order valence-corrected chi connectivity index (χ4v) is 1.56. The molecule has 0 unspecified atom stereocenters. The van der Waals surface area contributed by atoms with Crippen molar-refractivity contribution >= 4 is 16.9 Å². The van der Waals surface area contributed by atoms with Crippen LogP contribution in [-0.2, 0) is 0 Å². The van der Waals surface area contributed by atoms with Gasteiger partial charge in [0.05, 0.1) is 11.1 Å². The molecule has 74 valence electrons. The van der Waals surface area contributed by atoms with E-state index in [1.165, 1.54) is 6.07 Å². The predicted molar refractivity (Wildman–Crippen MR) is 54.7 cm³/mol. The second-order valence-electron chi connectivity index (χ2n) is 3.32. The average Bonchev–Trinajstić information content (AvgIpc) is 2.61. The summed E-state index contributed by atoms with van der Waals surface area (Å²) in [7, 11) is 0. The Kier molecular flexibility index (Phi) is 1.94. The molecule has 4 nitrogen and oxygen atoms in total. The molecule has 1 aromatic carbocycles. The zero-order chi connectivity index (χ0) is 11.0. The Hall–Kier alpha value is -2.28. The lowest BCUT2D eigenvalue weighted by atomic mass is 10.1. The lowest BCUT2D eigenvalue weighted by molar-refractivity contribution is 0.0691. The van der Waals surface area contributed by atoms with Gasteiger partial charge in [-0.15, -0.1) is 0 Å². The molecule has 1 aromatic heterocycles. The number of rotatable bonds is 1. The molecule has 2 aromatic rings. The molecule has 2 N–H and O–H groups in total. The van der Waals surface area contributed by atoms with Crippen LogP contribution in [0.1, 0.15) is 21.6 Å². The van der Waals surface area contributed by atoms with E-state index in [-0.39, 0.29) is 5.69 Å². The van der Waals surface area contributed by atoms with Crippen LogP contribution in [0, 0.1) is 18.3 Å². The van der Waals surface area contributed by atoms with Crippen LogP contribution in [0.2, 0.25) is 0 Å². The number of nitrogens with one attached hydrogen (secondary N) is 1. The number of carbonyl (C=O) groups is 1. The standard InChI is InChI=1S/C11H8N2O2/c1-6-2-3-7-4-9(11(14)15)13-10(7)8(6)5-12/h2-4,13H,1H3,(H,14,15). The number of hydrogen-bond acceptors (Lipinski definition) is 2. The molecule has 1 heterocycles. The van der Waals surface area contributed by atoms with E-state index in [0.29, 0.717) is 11.1 Å². The van der Waals surface area contributed by atoms with Crippen molar-refractivity contribution in [1.82, 2.24) is 4.98 Å². The zero-order valence-corrected chi connectivity index (χ0v) is 8.03. The number of H-pyrrole nitrogens is 1. The summed E-state index contributed by atoms with van der Waals surface area (Å²) in [6.07, 6.45) is 0. The quantitative estimate of drug-likeness (QED) is 0.739. The largest absolute Gasteiger partial charge is 0.477 e. The molecule has 0 saturated heterocycles. The van der Waals surface area contributed by atoms with Crippen LogP contribution in [0.15, 0.2) is 18.2 Å². The molecular weight excluding hydrogens is 192 g/mol. The van der Waals surface area contributed by atoms with Crippen LogP contribution >= 0.6 is 0 Å².